The van der Waals surface area contributed by atoms with Gasteiger partial charge in [-0.3, -0.25) is 0 Å². The van der Waals surface area contributed by atoms with Gasteiger partial charge in [0.1, 0.15) is 0 Å². The van der Waals surface area contributed by atoms with Crippen LogP contribution in [0.1, 0.15) is 17.5 Å². The number of sulfonamides is 1. The van der Waals surface area contributed by atoms with Crippen LogP contribution in [0.25, 0.3) is 0 Å². The summed E-state index contributed by atoms with van der Waals surface area (Å²) in [6.07, 6.45) is 2.60. The topological polar surface area (TPSA) is 53.5 Å². The van der Waals surface area contributed by atoms with Crippen LogP contribution >= 0.6 is 11.3 Å². The van der Waals surface area contributed by atoms with E-state index in [-0.39, 0.29) is 0 Å². The van der Waals surface area contributed by atoms with E-state index >= 15 is 0 Å². The molecule has 0 N–H and O–H groups in total. The minimum atomic E-state index is -3.44. The quantitative estimate of drug-likeness (QED) is 0.853. The predicted octanol–water partition coefficient (Wildman–Crippen LogP) is 2.66. The van der Waals surface area contributed by atoms with Crippen molar-refractivity contribution in [3.63, 3.8) is 0 Å². The first-order chi connectivity index (χ1) is 11.0. The Morgan fingerprint density at radius 3 is 2.65 bits per heavy atom. The Labute approximate surface area is 141 Å². The Bertz CT molecular complexity index is 773. The van der Waals surface area contributed by atoms with Crippen molar-refractivity contribution in [2.75, 3.05) is 31.1 Å². The van der Waals surface area contributed by atoms with E-state index in [2.05, 4.69) is 9.88 Å². The Hall–Kier alpha value is -1.44. The first-order valence-corrected chi connectivity index (χ1v) is 10.0. The maximum absolute atomic E-state index is 13.0. The van der Waals surface area contributed by atoms with Crippen molar-refractivity contribution < 1.29 is 8.42 Å². The molecule has 1 aromatic heterocycles. The summed E-state index contributed by atoms with van der Waals surface area (Å²) in [5.74, 6) is 0. The average Bonchev–Trinajstić information content (AvgIpc) is 2.91. The standard InChI is InChI=1S/C16H21N3O2S2/c1-13-4-5-15(14(2)12-13)23(20,21)19-8-3-7-18(9-10-19)16-17-6-11-22-16/h4-6,11-12H,3,7-10H2,1-2H3. The summed E-state index contributed by atoms with van der Waals surface area (Å²) >= 11 is 1.59. The lowest BCUT2D eigenvalue weighted by Crippen LogP contribution is -2.35. The molecule has 2 heterocycles. The number of rotatable bonds is 3. The predicted molar refractivity (Wildman–Crippen MR) is 93.6 cm³/mol. The summed E-state index contributed by atoms with van der Waals surface area (Å²) in [7, 11) is -3.44. The third-order valence-electron chi connectivity index (χ3n) is 4.09. The third kappa shape index (κ3) is 3.41. The van der Waals surface area contributed by atoms with E-state index in [9.17, 15) is 8.42 Å². The van der Waals surface area contributed by atoms with E-state index in [1.807, 2.05) is 31.4 Å². The number of anilines is 1. The van der Waals surface area contributed by atoms with Crippen LogP contribution in [0.2, 0.25) is 0 Å². The zero-order chi connectivity index (χ0) is 16.4. The Morgan fingerprint density at radius 1 is 1.13 bits per heavy atom. The SMILES string of the molecule is Cc1ccc(S(=O)(=O)N2CCCN(c3nccs3)CC2)c(C)c1. The Morgan fingerprint density at radius 2 is 1.96 bits per heavy atom. The fraction of sp³-hybridized carbons (Fsp3) is 0.438. The molecule has 1 aliphatic rings. The van der Waals surface area contributed by atoms with Gasteiger partial charge in [0.2, 0.25) is 10.0 Å². The number of benzene rings is 1. The van der Waals surface area contributed by atoms with E-state index in [0.717, 1.165) is 29.2 Å². The molecular weight excluding hydrogens is 330 g/mol. The summed E-state index contributed by atoms with van der Waals surface area (Å²) in [6.45, 7) is 6.40. The minimum absolute atomic E-state index is 0.422. The lowest BCUT2D eigenvalue weighted by Gasteiger charge is -2.22. The molecule has 1 saturated heterocycles. The van der Waals surface area contributed by atoms with Crippen LogP contribution in [0.5, 0.6) is 0 Å². The molecular formula is C16H21N3O2S2. The summed E-state index contributed by atoms with van der Waals surface area (Å²) in [4.78, 5) is 6.92. The number of hydrogen-bond donors (Lipinski definition) is 0. The number of nitrogens with zero attached hydrogens (tertiary/aromatic N) is 3. The minimum Gasteiger partial charge on any atom is -0.347 e. The van der Waals surface area contributed by atoms with Crippen molar-refractivity contribution in [3.8, 4) is 0 Å². The molecule has 0 aliphatic carbocycles. The van der Waals surface area contributed by atoms with Gasteiger partial charge in [-0.1, -0.05) is 17.7 Å². The maximum atomic E-state index is 13.0. The zero-order valence-corrected chi connectivity index (χ0v) is 15.0. The Balaban J connectivity index is 1.81. The van der Waals surface area contributed by atoms with Gasteiger partial charge in [0.25, 0.3) is 0 Å². The van der Waals surface area contributed by atoms with Gasteiger partial charge in [0.15, 0.2) is 5.13 Å². The lowest BCUT2D eigenvalue weighted by molar-refractivity contribution is 0.433. The van der Waals surface area contributed by atoms with Gasteiger partial charge in [-0.05, 0) is 31.9 Å². The Kier molecular flexibility index (Phi) is 4.70. The van der Waals surface area contributed by atoms with E-state index in [0.29, 0.717) is 24.5 Å². The van der Waals surface area contributed by atoms with Crippen LogP contribution in [0.15, 0.2) is 34.7 Å². The highest BCUT2D eigenvalue weighted by molar-refractivity contribution is 7.89. The van der Waals surface area contributed by atoms with Crippen LogP contribution < -0.4 is 4.90 Å². The van der Waals surface area contributed by atoms with Gasteiger partial charge in [0, 0.05) is 37.8 Å². The molecule has 0 atom stereocenters. The number of aryl methyl sites for hydroxylation is 2. The fourth-order valence-electron chi connectivity index (χ4n) is 2.93. The summed E-state index contributed by atoms with van der Waals surface area (Å²) in [5, 5.41) is 2.92. The first kappa shape index (κ1) is 16.4. The van der Waals surface area contributed by atoms with E-state index in [1.54, 1.807) is 27.9 Å². The molecule has 5 nitrogen and oxygen atoms in total. The number of thiazole rings is 1. The second-order valence-electron chi connectivity index (χ2n) is 5.83. The van der Waals surface area contributed by atoms with Crippen molar-refractivity contribution in [3.05, 3.63) is 40.9 Å². The lowest BCUT2D eigenvalue weighted by atomic mass is 10.2. The molecule has 23 heavy (non-hydrogen) atoms. The smallest absolute Gasteiger partial charge is 0.243 e. The molecule has 3 rings (SSSR count). The van der Waals surface area contributed by atoms with Crippen molar-refractivity contribution in [2.24, 2.45) is 0 Å². The van der Waals surface area contributed by atoms with Crippen LogP contribution in [0.3, 0.4) is 0 Å². The molecule has 7 heteroatoms. The normalized spacial score (nSPS) is 17.2. The van der Waals surface area contributed by atoms with Crippen molar-refractivity contribution >= 4 is 26.5 Å². The highest BCUT2D eigenvalue weighted by Gasteiger charge is 2.28. The summed E-state index contributed by atoms with van der Waals surface area (Å²) < 4.78 is 27.5. The summed E-state index contributed by atoms with van der Waals surface area (Å²) in [6, 6.07) is 5.51. The van der Waals surface area contributed by atoms with Gasteiger partial charge in [-0.2, -0.15) is 4.31 Å². The van der Waals surface area contributed by atoms with Crippen molar-refractivity contribution in [2.45, 2.75) is 25.2 Å². The van der Waals surface area contributed by atoms with Crippen molar-refractivity contribution in [1.29, 1.82) is 0 Å². The van der Waals surface area contributed by atoms with Gasteiger partial charge in [-0.15, -0.1) is 11.3 Å². The highest BCUT2D eigenvalue weighted by Crippen LogP contribution is 2.24. The average molecular weight is 351 g/mol. The van der Waals surface area contributed by atoms with E-state index in [4.69, 9.17) is 0 Å². The van der Waals surface area contributed by atoms with Gasteiger partial charge in [-0.25, -0.2) is 13.4 Å². The van der Waals surface area contributed by atoms with Crippen molar-refractivity contribution in [1.82, 2.24) is 9.29 Å². The molecule has 0 spiro atoms. The molecule has 0 unspecified atom stereocenters. The first-order valence-electron chi connectivity index (χ1n) is 7.70. The second-order valence-corrected chi connectivity index (χ2v) is 8.61. The largest absolute Gasteiger partial charge is 0.347 e. The molecule has 1 aliphatic heterocycles. The van der Waals surface area contributed by atoms with Gasteiger partial charge < -0.3 is 4.90 Å². The monoisotopic (exact) mass is 351 g/mol. The molecule has 124 valence electrons. The maximum Gasteiger partial charge on any atom is 0.243 e. The molecule has 0 saturated carbocycles. The van der Waals surface area contributed by atoms with Gasteiger partial charge in [0.05, 0.1) is 4.90 Å². The molecule has 1 aromatic carbocycles. The molecule has 0 amide bonds. The summed E-state index contributed by atoms with van der Waals surface area (Å²) in [5.41, 5.74) is 1.89. The highest BCUT2D eigenvalue weighted by atomic mass is 32.2. The number of aromatic nitrogens is 1. The molecule has 0 radical (unpaired) electrons. The fourth-order valence-corrected chi connectivity index (χ4v) is 5.30. The van der Waals surface area contributed by atoms with Crippen LogP contribution in [0, 0.1) is 13.8 Å². The zero-order valence-electron chi connectivity index (χ0n) is 13.4. The number of hydrogen-bond acceptors (Lipinski definition) is 5. The molecule has 2 aromatic rings. The molecule has 0 bridgehead atoms. The van der Waals surface area contributed by atoms with Crippen LogP contribution in [-0.2, 0) is 10.0 Å². The van der Waals surface area contributed by atoms with E-state index in [1.165, 1.54) is 0 Å². The van der Waals surface area contributed by atoms with Gasteiger partial charge >= 0.3 is 0 Å². The second kappa shape index (κ2) is 6.59. The van der Waals surface area contributed by atoms with E-state index < -0.39 is 10.0 Å². The van der Waals surface area contributed by atoms with Crippen LogP contribution in [-0.4, -0.2) is 43.9 Å². The molecule has 1 fully saturated rings. The third-order valence-corrected chi connectivity index (χ3v) is 6.98. The van der Waals surface area contributed by atoms with Crippen LogP contribution in [0.4, 0.5) is 5.13 Å².